The predicted molar refractivity (Wildman–Crippen MR) is 156 cm³/mol. The van der Waals surface area contributed by atoms with Crippen LogP contribution in [0, 0.1) is 0 Å². The van der Waals surface area contributed by atoms with E-state index in [2.05, 4.69) is 5.32 Å². The molecule has 3 aromatic rings. The molecule has 0 aliphatic carbocycles. The second-order valence-electron chi connectivity index (χ2n) is 9.76. The SMILES string of the molecule is CN(C)C(=O)OCC1=CS[C@H]2C(NC(=O)Cc3cccs3)C(=O)N2C1C(=O)OC(c1ccccc1)c1ccccc1. The molecule has 0 spiro atoms. The molecule has 0 radical (unpaired) electrons. The molecule has 1 aromatic heterocycles. The number of thiophene rings is 1. The number of β-lactam (4-membered cyclic amide) rings is 1. The van der Waals surface area contributed by atoms with Gasteiger partial charge in [0.25, 0.3) is 0 Å². The van der Waals surface area contributed by atoms with E-state index in [9.17, 15) is 19.2 Å². The van der Waals surface area contributed by atoms with Crippen molar-refractivity contribution >= 4 is 47.0 Å². The van der Waals surface area contributed by atoms with Gasteiger partial charge in [-0.05, 0) is 28.0 Å². The number of benzene rings is 2. The van der Waals surface area contributed by atoms with Gasteiger partial charge in [0.15, 0.2) is 12.1 Å². The molecule has 3 atom stereocenters. The fourth-order valence-corrected chi connectivity index (χ4v) is 6.56. The Morgan fingerprint density at radius 3 is 2.22 bits per heavy atom. The zero-order valence-corrected chi connectivity index (χ0v) is 24.1. The Kier molecular flexibility index (Phi) is 8.75. The van der Waals surface area contributed by atoms with E-state index in [0.717, 1.165) is 16.0 Å². The number of amides is 3. The molecule has 2 aliphatic rings. The van der Waals surface area contributed by atoms with Crippen molar-refractivity contribution in [3.05, 3.63) is 105 Å². The molecule has 2 unspecified atom stereocenters. The fraction of sp³-hybridized carbons (Fsp3) is 0.267. The molecule has 1 fully saturated rings. The van der Waals surface area contributed by atoms with Crippen LogP contribution in [0.4, 0.5) is 4.79 Å². The molecule has 1 saturated heterocycles. The van der Waals surface area contributed by atoms with Crippen molar-refractivity contribution in [3.8, 4) is 0 Å². The van der Waals surface area contributed by atoms with E-state index in [4.69, 9.17) is 9.47 Å². The second kappa shape index (κ2) is 12.6. The molecule has 2 aromatic carbocycles. The van der Waals surface area contributed by atoms with E-state index >= 15 is 0 Å². The van der Waals surface area contributed by atoms with Gasteiger partial charge in [0.05, 0.1) is 6.42 Å². The third-order valence-corrected chi connectivity index (χ3v) is 8.78. The number of hydrogen-bond donors (Lipinski definition) is 1. The lowest BCUT2D eigenvalue weighted by Crippen LogP contribution is -2.74. The maximum atomic E-state index is 13.9. The van der Waals surface area contributed by atoms with Crippen molar-refractivity contribution in [2.75, 3.05) is 20.7 Å². The summed E-state index contributed by atoms with van der Waals surface area (Å²) in [6.07, 6.45) is -1.13. The molecule has 212 valence electrons. The average Bonchev–Trinajstić information content (AvgIpc) is 3.50. The summed E-state index contributed by atoms with van der Waals surface area (Å²) in [5.41, 5.74) is 1.96. The molecular weight excluding hydrogens is 562 g/mol. The van der Waals surface area contributed by atoms with E-state index in [0.29, 0.717) is 5.57 Å². The highest BCUT2D eigenvalue weighted by Crippen LogP contribution is 2.41. The minimum Gasteiger partial charge on any atom is -0.451 e. The molecule has 2 aliphatic heterocycles. The Hall–Kier alpha value is -4.09. The van der Waals surface area contributed by atoms with Crippen LogP contribution < -0.4 is 5.32 Å². The number of nitrogens with one attached hydrogen (secondary N) is 1. The maximum Gasteiger partial charge on any atom is 0.409 e. The van der Waals surface area contributed by atoms with Crippen molar-refractivity contribution in [1.82, 2.24) is 15.1 Å². The number of fused-ring (bicyclic) bond motifs is 1. The number of carbonyl (C=O) groups excluding carboxylic acids is 4. The zero-order chi connectivity index (χ0) is 28.9. The Morgan fingerprint density at radius 2 is 1.63 bits per heavy atom. The van der Waals surface area contributed by atoms with Crippen LogP contribution in [-0.2, 0) is 30.3 Å². The van der Waals surface area contributed by atoms with Crippen LogP contribution in [0.3, 0.4) is 0 Å². The third-order valence-electron chi connectivity index (χ3n) is 6.69. The van der Waals surface area contributed by atoms with Gasteiger partial charge in [-0.25, -0.2) is 9.59 Å². The molecule has 0 saturated carbocycles. The monoisotopic (exact) mass is 591 g/mol. The van der Waals surface area contributed by atoms with Crippen LogP contribution in [-0.4, -0.2) is 71.8 Å². The van der Waals surface area contributed by atoms with Gasteiger partial charge in [-0.3, -0.25) is 9.59 Å². The van der Waals surface area contributed by atoms with Crippen LogP contribution in [0.5, 0.6) is 0 Å². The lowest BCUT2D eigenvalue weighted by Gasteiger charge is -2.51. The number of thioether (sulfide) groups is 1. The van der Waals surface area contributed by atoms with E-state index in [1.807, 2.05) is 78.2 Å². The van der Waals surface area contributed by atoms with Crippen molar-refractivity contribution in [2.45, 2.75) is 30.0 Å². The largest absolute Gasteiger partial charge is 0.451 e. The molecular formula is C30H29N3O6S2. The minimum absolute atomic E-state index is 0.168. The average molecular weight is 592 g/mol. The van der Waals surface area contributed by atoms with Crippen molar-refractivity contribution in [3.63, 3.8) is 0 Å². The lowest BCUT2D eigenvalue weighted by atomic mass is 9.97. The molecule has 3 heterocycles. The van der Waals surface area contributed by atoms with E-state index < -0.39 is 41.5 Å². The number of rotatable bonds is 9. The summed E-state index contributed by atoms with van der Waals surface area (Å²) in [6.45, 7) is -0.197. The topological polar surface area (TPSA) is 105 Å². The first-order valence-electron chi connectivity index (χ1n) is 13.0. The summed E-state index contributed by atoms with van der Waals surface area (Å²) in [5, 5.41) is 5.92. The lowest BCUT2D eigenvalue weighted by molar-refractivity contribution is -0.165. The smallest absolute Gasteiger partial charge is 0.409 e. The van der Waals surface area contributed by atoms with Crippen LogP contribution in [0.15, 0.2) is 89.2 Å². The number of hydrogen-bond acceptors (Lipinski definition) is 8. The molecule has 11 heteroatoms. The van der Waals surface area contributed by atoms with Crippen LogP contribution >= 0.6 is 23.1 Å². The summed E-state index contributed by atoms with van der Waals surface area (Å²) in [6, 6.07) is 20.5. The summed E-state index contributed by atoms with van der Waals surface area (Å²) in [7, 11) is 3.11. The van der Waals surface area contributed by atoms with Gasteiger partial charge < -0.3 is 24.6 Å². The highest BCUT2D eigenvalue weighted by molar-refractivity contribution is 8.03. The first-order chi connectivity index (χ1) is 19.8. The standard InChI is InChI=1S/C30H29N3O6S2/c1-32(2)30(37)38-17-21-18-41-28-24(31-23(34)16-22-14-9-15-40-22)27(35)33(28)25(21)29(36)39-26(19-10-5-3-6-11-19)20-12-7-4-8-13-20/h3-15,18,24-26,28H,16-17H2,1-2H3,(H,31,34)/t24?,25?,28-/m0/s1. The molecule has 5 rings (SSSR count). The Balaban J connectivity index is 1.39. The highest BCUT2D eigenvalue weighted by atomic mass is 32.2. The van der Waals surface area contributed by atoms with Gasteiger partial charge in [0, 0.05) is 24.5 Å². The van der Waals surface area contributed by atoms with Gasteiger partial charge in [0.2, 0.25) is 11.8 Å². The van der Waals surface area contributed by atoms with Crippen LogP contribution in [0.1, 0.15) is 22.1 Å². The van der Waals surface area contributed by atoms with Crippen LogP contribution in [0.25, 0.3) is 0 Å². The normalized spacial score (nSPS) is 19.5. The number of nitrogens with zero attached hydrogens (tertiary/aromatic N) is 2. The predicted octanol–water partition coefficient (Wildman–Crippen LogP) is 3.97. The molecule has 3 amide bonds. The third kappa shape index (κ3) is 6.31. The van der Waals surface area contributed by atoms with Crippen LogP contribution in [0.2, 0.25) is 0 Å². The van der Waals surface area contributed by atoms with Gasteiger partial charge in [-0.15, -0.1) is 23.1 Å². The quantitative estimate of drug-likeness (QED) is 0.297. The maximum absolute atomic E-state index is 13.9. The van der Waals surface area contributed by atoms with Gasteiger partial charge in [0.1, 0.15) is 18.0 Å². The Morgan fingerprint density at radius 1 is 0.976 bits per heavy atom. The number of esters is 1. The fourth-order valence-electron chi connectivity index (χ4n) is 4.65. The Bertz CT molecular complexity index is 1390. The van der Waals surface area contributed by atoms with Gasteiger partial charge in [-0.2, -0.15) is 0 Å². The highest BCUT2D eigenvalue weighted by Gasteiger charge is 2.56. The minimum atomic E-state index is -1.12. The first-order valence-corrected chi connectivity index (χ1v) is 14.8. The summed E-state index contributed by atoms with van der Waals surface area (Å²) in [5.74, 6) is -1.32. The van der Waals surface area contributed by atoms with Crippen molar-refractivity contribution in [2.24, 2.45) is 0 Å². The number of ether oxygens (including phenoxy) is 2. The number of carbonyl (C=O) groups is 4. The van der Waals surface area contributed by atoms with E-state index in [1.54, 1.807) is 19.5 Å². The first kappa shape index (κ1) is 28.4. The summed E-state index contributed by atoms with van der Waals surface area (Å²) >= 11 is 2.76. The summed E-state index contributed by atoms with van der Waals surface area (Å²) in [4.78, 5) is 55.7. The molecule has 0 bridgehead atoms. The second-order valence-corrected chi connectivity index (χ2v) is 11.8. The van der Waals surface area contributed by atoms with Gasteiger partial charge >= 0.3 is 12.1 Å². The Labute approximate surface area is 246 Å². The van der Waals surface area contributed by atoms with E-state index in [1.165, 1.54) is 32.9 Å². The van der Waals surface area contributed by atoms with Crippen molar-refractivity contribution < 1.29 is 28.7 Å². The summed E-state index contributed by atoms with van der Waals surface area (Å²) < 4.78 is 11.5. The van der Waals surface area contributed by atoms with E-state index in [-0.39, 0.29) is 18.9 Å². The van der Waals surface area contributed by atoms with Crippen molar-refractivity contribution in [1.29, 1.82) is 0 Å². The molecule has 9 nitrogen and oxygen atoms in total. The molecule has 1 N–H and O–H groups in total. The molecule has 41 heavy (non-hydrogen) atoms. The zero-order valence-electron chi connectivity index (χ0n) is 22.5. The van der Waals surface area contributed by atoms with Gasteiger partial charge in [-0.1, -0.05) is 66.7 Å².